The highest BCUT2D eigenvalue weighted by molar-refractivity contribution is 14.1. The van der Waals surface area contributed by atoms with E-state index in [9.17, 15) is 4.79 Å². The van der Waals surface area contributed by atoms with E-state index in [-0.39, 0.29) is 12.5 Å². The Morgan fingerprint density at radius 2 is 1.88 bits per heavy atom. The van der Waals surface area contributed by atoms with Crippen molar-refractivity contribution in [3.8, 4) is 5.75 Å². The molecular formula is C18H16IN3O2. The third-order valence-corrected chi connectivity index (χ3v) is 4.01. The topological polar surface area (TPSA) is 56.1 Å². The van der Waals surface area contributed by atoms with Gasteiger partial charge in [0.1, 0.15) is 5.75 Å². The van der Waals surface area contributed by atoms with Crippen molar-refractivity contribution in [2.24, 2.45) is 0 Å². The van der Waals surface area contributed by atoms with Gasteiger partial charge in [-0.3, -0.25) is 9.48 Å². The van der Waals surface area contributed by atoms with Crippen molar-refractivity contribution >= 4 is 34.2 Å². The van der Waals surface area contributed by atoms with Crippen LogP contribution >= 0.6 is 22.6 Å². The van der Waals surface area contributed by atoms with Crippen LogP contribution in [0.25, 0.3) is 0 Å². The Kier molecular flexibility index (Phi) is 5.47. The number of ether oxygens (including phenoxy) is 1. The quantitative estimate of drug-likeness (QED) is 0.605. The van der Waals surface area contributed by atoms with Gasteiger partial charge in [-0.05, 0) is 52.4 Å². The van der Waals surface area contributed by atoms with Crippen molar-refractivity contribution < 1.29 is 9.53 Å². The van der Waals surface area contributed by atoms with Gasteiger partial charge in [0, 0.05) is 9.77 Å². The van der Waals surface area contributed by atoms with Gasteiger partial charge in [0.05, 0.1) is 18.4 Å². The summed E-state index contributed by atoms with van der Waals surface area (Å²) in [7, 11) is 0. The van der Waals surface area contributed by atoms with Gasteiger partial charge in [0.15, 0.2) is 6.61 Å². The number of aromatic nitrogens is 2. The van der Waals surface area contributed by atoms with Crippen molar-refractivity contribution in [2.45, 2.75) is 6.54 Å². The standard InChI is InChI=1S/C18H16IN3O2/c19-15-6-8-17(9-7-15)24-13-18(23)21-16-10-20-22(12-16)11-14-4-2-1-3-5-14/h1-10,12H,11,13H2,(H,21,23). The first-order valence-corrected chi connectivity index (χ1v) is 8.51. The fourth-order valence-electron chi connectivity index (χ4n) is 2.16. The van der Waals surface area contributed by atoms with Crippen LogP contribution in [0.2, 0.25) is 0 Å². The van der Waals surface area contributed by atoms with E-state index in [1.54, 1.807) is 17.1 Å². The number of hydrogen-bond acceptors (Lipinski definition) is 3. The molecule has 0 unspecified atom stereocenters. The Morgan fingerprint density at radius 3 is 2.62 bits per heavy atom. The van der Waals surface area contributed by atoms with Crippen LogP contribution in [0.3, 0.4) is 0 Å². The number of anilines is 1. The Balaban J connectivity index is 1.50. The fraction of sp³-hybridized carbons (Fsp3) is 0.111. The molecule has 0 bridgehead atoms. The lowest BCUT2D eigenvalue weighted by molar-refractivity contribution is -0.118. The molecule has 3 aromatic rings. The van der Waals surface area contributed by atoms with E-state index in [0.29, 0.717) is 18.0 Å². The van der Waals surface area contributed by atoms with Crippen LogP contribution in [-0.2, 0) is 11.3 Å². The predicted octanol–water partition coefficient (Wildman–Crippen LogP) is 3.55. The molecule has 0 saturated heterocycles. The van der Waals surface area contributed by atoms with Crippen molar-refractivity contribution in [3.63, 3.8) is 0 Å². The van der Waals surface area contributed by atoms with Gasteiger partial charge in [0.2, 0.25) is 0 Å². The van der Waals surface area contributed by atoms with Gasteiger partial charge in [0.25, 0.3) is 5.91 Å². The molecule has 1 aromatic heterocycles. The second-order valence-electron chi connectivity index (χ2n) is 5.20. The highest BCUT2D eigenvalue weighted by Gasteiger charge is 2.06. The Bertz CT molecular complexity index is 801. The zero-order valence-corrected chi connectivity index (χ0v) is 15.0. The average Bonchev–Trinajstić information content (AvgIpc) is 3.02. The first-order chi connectivity index (χ1) is 11.7. The molecule has 6 heteroatoms. The second-order valence-corrected chi connectivity index (χ2v) is 6.45. The molecule has 24 heavy (non-hydrogen) atoms. The van der Waals surface area contributed by atoms with Crippen LogP contribution in [0.4, 0.5) is 5.69 Å². The summed E-state index contributed by atoms with van der Waals surface area (Å²) in [4.78, 5) is 11.9. The van der Waals surface area contributed by atoms with Crippen molar-refractivity contribution in [1.29, 1.82) is 0 Å². The lowest BCUT2D eigenvalue weighted by atomic mass is 10.2. The van der Waals surface area contributed by atoms with E-state index in [2.05, 4.69) is 33.0 Å². The van der Waals surface area contributed by atoms with Crippen molar-refractivity contribution in [2.75, 3.05) is 11.9 Å². The molecule has 5 nitrogen and oxygen atoms in total. The number of hydrogen-bond donors (Lipinski definition) is 1. The van der Waals surface area contributed by atoms with Gasteiger partial charge in [-0.2, -0.15) is 5.10 Å². The first kappa shape index (κ1) is 16.5. The van der Waals surface area contributed by atoms with E-state index < -0.39 is 0 Å². The lowest BCUT2D eigenvalue weighted by Gasteiger charge is -2.06. The van der Waals surface area contributed by atoms with Gasteiger partial charge in [-0.25, -0.2) is 0 Å². The highest BCUT2D eigenvalue weighted by Crippen LogP contribution is 2.13. The summed E-state index contributed by atoms with van der Waals surface area (Å²) < 4.78 is 8.36. The predicted molar refractivity (Wildman–Crippen MR) is 101 cm³/mol. The minimum Gasteiger partial charge on any atom is -0.484 e. The Labute approximate surface area is 153 Å². The molecule has 0 fully saturated rings. The third kappa shape index (κ3) is 4.82. The molecule has 1 N–H and O–H groups in total. The van der Waals surface area contributed by atoms with E-state index in [1.165, 1.54) is 0 Å². The molecular weight excluding hydrogens is 417 g/mol. The molecule has 1 amide bonds. The molecule has 0 aliphatic carbocycles. The minimum atomic E-state index is -0.215. The SMILES string of the molecule is O=C(COc1ccc(I)cc1)Nc1cnn(Cc2ccccc2)c1. The maximum absolute atomic E-state index is 11.9. The largest absolute Gasteiger partial charge is 0.484 e. The Morgan fingerprint density at radius 1 is 1.12 bits per heavy atom. The molecule has 0 saturated carbocycles. The third-order valence-electron chi connectivity index (χ3n) is 3.29. The van der Waals surface area contributed by atoms with Gasteiger partial charge >= 0.3 is 0 Å². The second kappa shape index (κ2) is 7.96. The maximum atomic E-state index is 11.9. The van der Waals surface area contributed by atoms with Gasteiger partial charge in [-0.15, -0.1) is 0 Å². The first-order valence-electron chi connectivity index (χ1n) is 7.44. The van der Waals surface area contributed by atoms with E-state index >= 15 is 0 Å². The van der Waals surface area contributed by atoms with Gasteiger partial charge < -0.3 is 10.1 Å². The molecule has 0 aliphatic heterocycles. The number of carbonyl (C=O) groups excluding carboxylic acids is 1. The highest BCUT2D eigenvalue weighted by atomic mass is 127. The number of nitrogens with one attached hydrogen (secondary N) is 1. The summed E-state index contributed by atoms with van der Waals surface area (Å²) in [6.45, 7) is 0.625. The number of benzene rings is 2. The van der Waals surface area contributed by atoms with Crippen LogP contribution < -0.4 is 10.1 Å². The Hall–Kier alpha value is -2.35. The summed E-state index contributed by atoms with van der Waals surface area (Å²) in [5.41, 5.74) is 1.81. The van der Waals surface area contributed by atoms with Crippen LogP contribution in [-0.4, -0.2) is 22.3 Å². The van der Waals surface area contributed by atoms with Crippen LogP contribution in [0.15, 0.2) is 67.0 Å². The maximum Gasteiger partial charge on any atom is 0.262 e. The van der Waals surface area contributed by atoms with E-state index in [4.69, 9.17) is 4.74 Å². The summed E-state index contributed by atoms with van der Waals surface area (Å²) in [6.07, 6.45) is 3.43. The molecule has 2 aromatic carbocycles. The van der Waals surface area contributed by atoms with Crippen LogP contribution in [0.1, 0.15) is 5.56 Å². The summed E-state index contributed by atoms with van der Waals surface area (Å²) in [5, 5.41) is 7.03. The normalized spacial score (nSPS) is 10.4. The molecule has 0 radical (unpaired) electrons. The number of halogens is 1. The summed E-state index contributed by atoms with van der Waals surface area (Å²) in [6, 6.07) is 17.6. The number of carbonyl (C=O) groups is 1. The molecule has 0 aliphatic rings. The van der Waals surface area contributed by atoms with E-state index in [1.807, 2.05) is 54.6 Å². The molecule has 0 atom stereocenters. The smallest absolute Gasteiger partial charge is 0.262 e. The van der Waals surface area contributed by atoms with Crippen molar-refractivity contribution in [1.82, 2.24) is 9.78 Å². The summed E-state index contributed by atoms with van der Waals surface area (Å²) in [5.74, 6) is 0.457. The summed E-state index contributed by atoms with van der Waals surface area (Å²) >= 11 is 2.22. The van der Waals surface area contributed by atoms with Crippen molar-refractivity contribution in [3.05, 3.63) is 76.1 Å². The molecule has 0 spiro atoms. The monoisotopic (exact) mass is 433 g/mol. The van der Waals surface area contributed by atoms with E-state index in [0.717, 1.165) is 9.13 Å². The zero-order chi connectivity index (χ0) is 16.8. The van der Waals surface area contributed by atoms with Crippen LogP contribution in [0.5, 0.6) is 5.75 Å². The van der Waals surface area contributed by atoms with Gasteiger partial charge in [-0.1, -0.05) is 30.3 Å². The number of rotatable bonds is 6. The molecule has 122 valence electrons. The number of nitrogens with zero attached hydrogens (tertiary/aromatic N) is 2. The lowest BCUT2D eigenvalue weighted by Crippen LogP contribution is -2.19. The zero-order valence-electron chi connectivity index (χ0n) is 12.9. The molecule has 3 rings (SSSR count). The van der Waals surface area contributed by atoms with Crippen LogP contribution in [0, 0.1) is 3.57 Å². The average molecular weight is 433 g/mol. The fourth-order valence-corrected chi connectivity index (χ4v) is 2.52. The molecule has 1 heterocycles. The number of amides is 1. The minimum absolute atomic E-state index is 0.0372.